The summed E-state index contributed by atoms with van der Waals surface area (Å²) in [6.45, 7) is 6.03. The molecule has 1 aromatic heterocycles. The zero-order chi connectivity index (χ0) is 23.4. The van der Waals surface area contributed by atoms with Gasteiger partial charge in [0.2, 0.25) is 0 Å². The van der Waals surface area contributed by atoms with E-state index in [-0.39, 0.29) is 11.8 Å². The number of carbonyl (C=O) groups is 1. The van der Waals surface area contributed by atoms with Gasteiger partial charge in [-0.05, 0) is 42.4 Å². The van der Waals surface area contributed by atoms with Crippen LogP contribution in [0.1, 0.15) is 20.8 Å². The monoisotopic (exact) mass is 483 g/mol. The molecule has 5 nitrogen and oxygen atoms in total. The number of halogens is 1. The highest BCUT2D eigenvalue weighted by Crippen LogP contribution is 2.40. The summed E-state index contributed by atoms with van der Waals surface area (Å²) in [5.74, 6) is -0.599. The zero-order valence-corrected chi connectivity index (χ0v) is 20.3. The molecule has 0 aliphatic carbocycles. The maximum Gasteiger partial charge on any atom is 0.341 e. The lowest BCUT2D eigenvalue weighted by molar-refractivity contribution is 0.0603. The van der Waals surface area contributed by atoms with Crippen molar-refractivity contribution in [3.05, 3.63) is 76.4 Å². The Kier molecular flexibility index (Phi) is 7.37. The molecule has 1 N–H and O–H groups in total. The molecule has 3 aromatic rings. The molecule has 8 heteroatoms. The Bertz CT molecular complexity index is 1120. The Hall–Kier alpha value is -2.81. The Balaban J connectivity index is 1.44. The fourth-order valence-corrected chi connectivity index (χ4v) is 5.43. The third-order valence-electron chi connectivity index (χ3n) is 5.74. The number of carbonyl (C=O) groups excluding carboxylic acids is 1. The van der Waals surface area contributed by atoms with Crippen LogP contribution < -0.4 is 5.32 Å². The van der Waals surface area contributed by atoms with Crippen LogP contribution in [-0.4, -0.2) is 54.2 Å². The van der Waals surface area contributed by atoms with Crippen LogP contribution in [0.15, 0.2) is 54.6 Å². The minimum atomic E-state index is -0.382. The molecule has 0 amide bonds. The summed E-state index contributed by atoms with van der Waals surface area (Å²) in [6, 6.07) is 16.5. The minimum absolute atomic E-state index is 0.217. The number of ether oxygens (including phenoxy) is 1. The van der Waals surface area contributed by atoms with E-state index in [2.05, 4.69) is 15.1 Å². The second-order valence-corrected chi connectivity index (χ2v) is 9.53. The maximum atomic E-state index is 13.1. The largest absolute Gasteiger partial charge is 0.465 e. The predicted molar refractivity (Wildman–Crippen MR) is 135 cm³/mol. The van der Waals surface area contributed by atoms with Gasteiger partial charge in [-0.25, -0.2) is 9.18 Å². The Labute approximate surface area is 202 Å². The first-order valence-electron chi connectivity index (χ1n) is 10.8. The van der Waals surface area contributed by atoms with Gasteiger partial charge < -0.3 is 15.0 Å². The molecule has 2 aromatic carbocycles. The molecule has 0 unspecified atom stereocenters. The van der Waals surface area contributed by atoms with E-state index < -0.39 is 0 Å². The van der Waals surface area contributed by atoms with Crippen LogP contribution in [0.5, 0.6) is 0 Å². The van der Waals surface area contributed by atoms with Gasteiger partial charge in [0.1, 0.15) is 16.4 Å². The SMILES string of the molecule is COC(=O)c1c(NC(=S)N2CCN(Cc3ccc(F)cc3)CC2)sc(C)c1-c1ccccc1. The molecular formula is C25H26FN3O2S2. The third kappa shape index (κ3) is 5.40. The number of methoxy groups -OCH3 is 1. The highest BCUT2D eigenvalue weighted by Gasteiger charge is 2.26. The van der Waals surface area contributed by atoms with E-state index in [0.29, 0.717) is 15.7 Å². The quantitative estimate of drug-likeness (QED) is 0.399. The number of nitrogens with one attached hydrogen (secondary N) is 1. The van der Waals surface area contributed by atoms with E-state index in [1.54, 1.807) is 0 Å². The Morgan fingerprint density at radius 3 is 2.39 bits per heavy atom. The smallest absolute Gasteiger partial charge is 0.341 e. The van der Waals surface area contributed by atoms with Crippen LogP contribution in [-0.2, 0) is 11.3 Å². The van der Waals surface area contributed by atoms with Crippen molar-refractivity contribution in [2.75, 3.05) is 38.6 Å². The first-order valence-corrected chi connectivity index (χ1v) is 12.0. The number of benzene rings is 2. The number of thiophene rings is 1. The van der Waals surface area contributed by atoms with Gasteiger partial charge in [0, 0.05) is 43.2 Å². The van der Waals surface area contributed by atoms with E-state index in [4.69, 9.17) is 17.0 Å². The molecule has 1 saturated heterocycles. The second kappa shape index (κ2) is 10.4. The van der Waals surface area contributed by atoms with Gasteiger partial charge in [-0.2, -0.15) is 0 Å². The van der Waals surface area contributed by atoms with Crippen molar-refractivity contribution < 1.29 is 13.9 Å². The molecule has 0 bridgehead atoms. The normalized spacial score (nSPS) is 14.2. The van der Waals surface area contributed by atoms with Crippen molar-refractivity contribution in [1.29, 1.82) is 0 Å². The fourth-order valence-electron chi connectivity index (χ4n) is 4.02. The summed E-state index contributed by atoms with van der Waals surface area (Å²) in [7, 11) is 1.40. The standard InChI is InChI=1S/C25H26FN3O2S2/c1-17-21(19-6-4-3-5-7-19)22(24(30)31-2)23(33-17)27-25(32)29-14-12-28(13-15-29)16-18-8-10-20(26)11-9-18/h3-11H,12-16H2,1-2H3,(H,27,32). The average Bonchev–Trinajstić information content (AvgIpc) is 3.16. The highest BCUT2D eigenvalue weighted by atomic mass is 32.1. The van der Waals surface area contributed by atoms with Crippen LogP contribution in [0, 0.1) is 12.7 Å². The number of thiocarbonyl (C=S) groups is 1. The van der Waals surface area contributed by atoms with Crippen molar-refractivity contribution in [2.24, 2.45) is 0 Å². The van der Waals surface area contributed by atoms with Crippen LogP contribution in [0.4, 0.5) is 9.39 Å². The lowest BCUT2D eigenvalue weighted by atomic mass is 10.0. The maximum absolute atomic E-state index is 13.1. The summed E-state index contributed by atoms with van der Waals surface area (Å²) >= 11 is 7.21. The number of nitrogens with zero attached hydrogens (tertiary/aromatic N) is 2. The van der Waals surface area contributed by atoms with Crippen molar-refractivity contribution in [3.63, 3.8) is 0 Å². The molecule has 2 heterocycles. The van der Waals surface area contributed by atoms with E-state index >= 15 is 0 Å². The van der Waals surface area contributed by atoms with Gasteiger partial charge in [0.15, 0.2) is 5.11 Å². The van der Waals surface area contributed by atoms with Gasteiger partial charge in [0.25, 0.3) is 0 Å². The number of rotatable bonds is 5. The molecule has 33 heavy (non-hydrogen) atoms. The van der Waals surface area contributed by atoms with Gasteiger partial charge in [-0.15, -0.1) is 11.3 Å². The second-order valence-electron chi connectivity index (χ2n) is 7.91. The number of hydrogen-bond acceptors (Lipinski definition) is 5. The molecule has 1 aliphatic heterocycles. The average molecular weight is 484 g/mol. The lowest BCUT2D eigenvalue weighted by Gasteiger charge is -2.36. The molecule has 0 saturated carbocycles. The van der Waals surface area contributed by atoms with Gasteiger partial charge in [0.05, 0.1) is 7.11 Å². The number of piperazine rings is 1. The molecule has 172 valence electrons. The summed E-state index contributed by atoms with van der Waals surface area (Å²) in [5.41, 5.74) is 3.46. The molecule has 1 fully saturated rings. The third-order valence-corrected chi connectivity index (χ3v) is 7.12. The number of anilines is 1. The van der Waals surface area contributed by atoms with Crippen molar-refractivity contribution >= 4 is 39.6 Å². The Morgan fingerprint density at radius 1 is 1.09 bits per heavy atom. The molecular weight excluding hydrogens is 457 g/mol. The molecule has 0 radical (unpaired) electrons. The first kappa shape index (κ1) is 23.4. The number of esters is 1. The van der Waals surface area contributed by atoms with E-state index in [1.807, 2.05) is 49.4 Å². The fraction of sp³-hybridized carbons (Fsp3) is 0.280. The van der Waals surface area contributed by atoms with Crippen LogP contribution in [0.3, 0.4) is 0 Å². The van der Waals surface area contributed by atoms with Crippen LogP contribution in [0.25, 0.3) is 11.1 Å². The Morgan fingerprint density at radius 2 is 1.76 bits per heavy atom. The van der Waals surface area contributed by atoms with Gasteiger partial charge >= 0.3 is 5.97 Å². The van der Waals surface area contributed by atoms with Crippen molar-refractivity contribution in [1.82, 2.24) is 9.80 Å². The predicted octanol–water partition coefficient (Wildman–Crippen LogP) is 5.16. The van der Waals surface area contributed by atoms with Gasteiger partial charge in [-0.1, -0.05) is 42.5 Å². The highest BCUT2D eigenvalue weighted by molar-refractivity contribution is 7.80. The molecule has 1 aliphatic rings. The minimum Gasteiger partial charge on any atom is -0.465 e. The number of aryl methyl sites for hydroxylation is 1. The summed E-state index contributed by atoms with van der Waals surface area (Å²) < 4.78 is 18.2. The zero-order valence-electron chi connectivity index (χ0n) is 18.6. The molecule has 0 spiro atoms. The first-order chi connectivity index (χ1) is 16.0. The van der Waals surface area contributed by atoms with Crippen LogP contribution >= 0.6 is 23.6 Å². The van der Waals surface area contributed by atoms with Crippen molar-refractivity contribution in [3.8, 4) is 11.1 Å². The number of hydrogen-bond donors (Lipinski definition) is 1. The lowest BCUT2D eigenvalue weighted by Crippen LogP contribution is -2.49. The van der Waals surface area contributed by atoms with Crippen molar-refractivity contribution in [2.45, 2.75) is 13.5 Å². The van der Waals surface area contributed by atoms with E-state index in [0.717, 1.165) is 54.3 Å². The van der Waals surface area contributed by atoms with E-state index in [9.17, 15) is 9.18 Å². The molecule has 4 rings (SSSR count). The summed E-state index contributed by atoms with van der Waals surface area (Å²) in [6.07, 6.45) is 0. The topological polar surface area (TPSA) is 44.8 Å². The molecule has 0 atom stereocenters. The van der Waals surface area contributed by atoms with Gasteiger partial charge in [-0.3, -0.25) is 4.90 Å². The summed E-state index contributed by atoms with van der Waals surface area (Å²) in [5, 5.41) is 4.62. The van der Waals surface area contributed by atoms with Crippen LogP contribution in [0.2, 0.25) is 0 Å². The summed E-state index contributed by atoms with van der Waals surface area (Å²) in [4.78, 5) is 18.2. The van der Waals surface area contributed by atoms with E-state index in [1.165, 1.54) is 30.6 Å².